The molecule has 2 aromatic rings. The second-order valence-electron chi connectivity index (χ2n) is 3.47. The van der Waals surface area contributed by atoms with Gasteiger partial charge in [-0.2, -0.15) is 0 Å². The van der Waals surface area contributed by atoms with Crippen LogP contribution in [0.4, 0.5) is 0 Å². The lowest BCUT2D eigenvalue weighted by Gasteiger charge is -2.00. The molecule has 4 heteroatoms. The average Bonchev–Trinajstić information content (AvgIpc) is 2.47. The number of phenols is 1. The highest BCUT2D eigenvalue weighted by Gasteiger charge is 2.16. The van der Waals surface area contributed by atoms with E-state index in [9.17, 15) is 9.90 Å². The molecule has 1 heterocycles. The third-order valence-corrected chi connectivity index (χ3v) is 3.05. The number of hydrogen-bond acceptors (Lipinski definition) is 2. The number of halogens is 1. The van der Waals surface area contributed by atoms with Crippen LogP contribution in [0.3, 0.4) is 0 Å². The molecule has 78 valence electrons. The summed E-state index contributed by atoms with van der Waals surface area (Å²) in [6.07, 6.45) is 0.744. The minimum Gasteiger partial charge on any atom is -0.506 e. The second-order valence-corrected chi connectivity index (χ2v) is 3.87. The maximum atomic E-state index is 11.0. The van der Waals surface area contributed by atoms with Crippen molar-refractivity contribution in [2.75, 3.05) is 0 Å². The largest absolute Gasteiger partial charge is 0.506 e. The lowest BCUT2D eigenvalue weighted by molar-refractivity contribution is 0.112. The van der Waals surface area contributed by atoms with Gasteiger partial charge in [-0.25, -0.2) is 0 Å². The molecule has 0 unspecified atom stereocenters. The molecule has 0 aliphatic carbocycles. The minimum absolute atomic E-state index is 0.0278. The molecule has 1 aromatic heterocycles. The summed E-state index contributed by atoms with van der Waals surface area (Å²) >= 11 is 5.80. The van der Waals surface area contributed by atoms with Gasteiger partial charge in [0.05, 0.1) is 15.9 Å². The number of carbonyl (C=O) groups excluding carboxylic acids is 1. The number of nitrogens with zero attached hydrogens (tertiary/aromatic N) is 1. The van der Waals surface area contributed by atoms with E-state index < -0.39 is 0 Å². The minimum atomic E-state index is -0.0278. The number of aryl methyl sites for hydroxylation is 1. The average molecular weight is 224 g/mol. The van der Waals surface area contributed by atoms with Crippen molar-refractivity contribution in [1.82, 2.24) is 4.57 Å². The van der Waals surface area contributed by atoms with Gasteiger partial charge in [-0.3, -0.25) is 4.79 Å². The summed E-state index contributed by atoms with van der Waals surface area (Å²) in [5.41, 5.74) is 2.11. The molecule has 3 nitrogen and oxygen atoms in total. The topological polar surface area (TPSA) is 42.2 Å². The Kier molecular flexibility index (Phi) is 2.20. The van der Waals surface area contributed by atoms with E-state index in [0.29, 0.717) is 10.9 Å². The lowest BCUT2D eigenvalue weighted by atomic mass is 10.1. The highest BCUT2D eigenvalue weighted by molar-refractivity contribution is 6.33. The number of benzene rings is 1. The summed E-state index contributed by atoms with van der Waals surface area (Å²) in [4.78, 5) is 11.0. The summed E-state index contributed by atoms with van der Waals surface area (Å²) in [5.74, 6) is -0.0278. The Morgan fingerprint density at radius 3 is 2.73 bits per heavy atom. The Hall–Kier alpha value is -1.48. The van der Waals surface area contributed by atoms with Crippen LogP contribution >= 0.6 is 11.6 Å². The Balaban J connectivity index is 3.05. The molecule has 1 aromatic carbocycles. The molecular weight excluding hydrogens is 214 g/mol. The van der Waals surface area contributed by atoms with Gasteiger partial charge < -0.3 is 9.67 Å². The number of carbonyl (C=O) groups is 1. The standard InChI is InChI=1S/C11H10ClNO2/c1-6-7(5-14)10-9(13(6)2)4-3-8(12)11(10)15/h3-5,15H,1-2H3. The van der Waals surface area contributed by atoms with Gasteiger partial charge in [0.25, 0.3) is 0 Å². The van der Waals surface area contributed by atoms with Crippen molar-refractivity contribution in [1.29, 1.82) is 0 Å². The monoisotopic (exact) mass is 223 g/mol. The summed E-state index contributed by atoms with van der Waals surface area (Å²) in [7, 11) is 1.85. The number of hydrogen-bond donors (Lipinski definition) is 1. The molecule has 0 saturated carbocycles. The SMILES string of the molecule is Cc1c(C=O)c2c(O)c(Cl)ccc2n1C. The van der Waals surface area contributed by atoms with E-state index in [-0.39, 0.29) is 10.8 Å². The number of aromatic hydroxyl groups is 1. The number of aromatic nitrogens is 1. The molecule has 1 N–H and O–H groups in total. The molecule has 0 radical (unpaired) electrons. The smallest absolute Gasteiger partial charge is 0.152 e. The zero-order chi connectivity index (χ0) is 11.2. The van der Waals surface area contributed by atoms with Crippen LogP contribution in [0, 0.1) is 6.92 Å². The van der Waals surface area contributed by atoms with E-state index in [1.54, 1.807) is 12.1 Å². The Morgan fingerprint density at radius 1 is 1.47 bits per heavy atom. The molecule has 0 atom stereocenters. The van der Waals surface area contributed by atoms with E-state index in [2.05, 4.69) is 0 Å². The van der Waals surface area contributed by atoms with E-state index in [1.807, 2.05) is 18.5 Å². The molecule has 0 fully saturated rings. The highest BCUT2D eigenvalue weighted by atomic mass is 35.5. The van der Waals surface area contributed by atoms with Crippen LogP contribution in [0.2, 0.25) is 5.02 Å². The fourth-order valence-electron chi connectivity index (χ4n) is 1.79. The van der Waals surface area contributed by atoms with Crippen LogP contribution in [0.5, 0.6) is 5.75 Å². The fraction of sp³-hybridized carbons (Fsp3) is 0.182. The third kappa shape index (κ3) is 1.23. The summed E-state index contributed by atoms with van der Waals surface area (Å²) in [5, 5.41) is 10.6. The summed E-state index contributed by atoms with van der Waals surface area (Å²) in [6.45, 7) is 1.83. The van der Waals surface area contributed by atoms with Crippen molar-refractivity contribution >= 4 is 28.8 Å². The Morgan fingerprint density at radius 2 is 2.13 bits per heavy atom. The number of fused-ring (bicyclic) bond motifs is 1. The van der Waals surface area contributed by atoms with Gasteiger partial charge in [-0.1, -0.05) is 11.6 Å². The zero-order valence-electron chi connectivity index (χ0n) is 8.41. The molecule has 0 bridgehead atoms. The van der Waals surface area contributed by atoms with Crippen LogP contribution < -0.4 is 0 Å². The first kappa shape index (κ1) is 10.1. The van der Waals surface area contributed by atoms with Crippen molar-refractivity contribution in [3.8, 4) is 5.75 Å². The molecule has 0 aliphatic heterocycles. The van der Waals surface area contributed by atoms with Gasteiger partial charge in [0.15, 0.2) is 6.29 Å². The molecule has 0 spiro atoms. The van der Waals surface area contributed by atoms with Crippen LogP contribution in [0.1, 0.15) is 16.1 Å². The van der Waals surface area contributed by atoms with Gasteiger partial charge in [0.2, 0.25) is 0 Å². The number of aldehydes is 1. The summed E-state index contributed by atoms with van der Waals surface area (Å²) in [6, 6.07) is 3.41. The van der Waals surface area contributed by atoms with Gasteiger partial charge in [-0.05, 0) is 19.1 Å². The maximum absolute atomic E-state index is 11.0. The molecule has 15 heavy (non-hydrogen) atoms. The number of rotatable bonds is 1. The van der Waals surface area contributed by atoms with Crippen molar-refractivity contribution in [3.05, 3.63) is 28.4 Å². The van der Waals surface area contributed by atoms with Gasteiger partial charge >= 0.3 is 0 Å². The highest BCUT2D eigenvalue weighted by Crippen LogP contribution is 2.36. The molecule has 0 amide bonds. The molecule has 0 saturated heterocycles. The second kappa shape index (κ2) is 3.28. The van der Waals surface area contributed by atoms with Gasteiger partial charge in [0, 0.05) is 18.3 Å². The molecule has 2 rings (SSSR count). The van der Waals surface area contributed by atoms with E-state index >= 15 is 0 Å². The first-order valence-corrected chi connectivity index (χ1v) is 4.87. The predicted octanol–water partition coefficient (Wildman–Crippen LogP) is 2.66. The summed E-state index contributed by atoms with van der Waals surface area (Å²) < 4.78 is 1.86. The maximum Gasteiger partial charge on any atom is 0.152 e. The van der Waals surface area contributed by atoms with Crippen molar-refractivity contribution in [2.45, 2.75) is 6.92 Å². The first-order chi connectivity index (χ1) is 7.07. The van der Waals surface area contributed by atoms with Crippen LogP contribution in [0.15, 0.2) is 12.1 Å². The zero-order valence-corrected chi connectivity index (χ0v) is 9.17. The quantitative estimate of drug-likeness (QED) is 0.756. The Labute approximate surface area is 91.9 Å². The van der Waals surface area contributed by atoms with Crippen LogP contribution in [0.25, 0.3) is 10.9 Å². The Bertz CT molecular complexity index is 557. The van der Waals surface area contributed by atoms with Crippen molar-refractivity contribution in [3.63, 3.8) is 0 Å². The van der Waals surface area contributed by atoms with Crippen LogP contribution in [-0.2, 0) is 7.05 Å². The van der Waals surface area contributed by atoms with E-state index in [4.69, 9.17) is 11.6 Å². The van der Waals surface area contributed by atoms with Crippen molar-refractivity contribution in [2.24, 2.45) is 7.05 Å². The molecular formula is C11H10ClNO2. The van der Waals surface area contributed by atoms with Gasteiger partial charge in [0.1, 0.15) is 5.75 Å². The van der Waals surface area contributed by atoms with Crippen molar-refractivity contribution < 1.29 is 9.90 Å². The predicted molar refractivity (Wildman–Crippen MR) is 59.7 cm³/mol. The van der Waals surface area contributed by atoms with E-state index in [0.717, 1.165) is 17.5 Å². The van der Waals surface area contributed by atoms with Crippen LogP contribution in [-0.4, -0.2) is 16.0 Å². The first-order valence-electron chi connectivity index (χ1n) is 4.49. The fourth-order valence-corrected chi connectivity index (χ4v) is 1.94. The third-order valence-electron chi connectivity index (χ3n) is 2.75. The normalized spacial score (nSPS) is 10.9. The van der Waals surface area contributed by atoms with E-state index in [1.165, 1.54) is 0 Å². The van der Waals surface area contributed by atoms with Gasteiger partial charge in [-0.15, -0.1) is 0 Å². The lowest BCUT2D eigenvalue weighted by Crippen LogP contribution is -1.91. The number of phenolic OH excluding ortho intramolecular Hbond substituents is 1. The molecule has 0 aliphatic rings.